The SMILES string of the molecule is [Li][CH]1c2ccccc2C2C=CCCC12. The van der Waals surface area contributed by atoms with Crippen LogP contribution in [-0.2, 0) is 0 Å². The van der Waals surface area contributed by atoms with E-state index in [9.17, 15) is 0 Å². The van der Waals surface area contributed by atoms with Crippen LogP contribution in [0.5, 0.6) is 0 Å². The Bertz CT molecular complexity index is 381. The molecule has 0 amide bonds. The Morgan fingerprint density at radius 2 is 1.93 bits per heavy atom. The van der Waals surface area contributed by atoms with Crippen molar-refractivity contribution in [3.8, 4) is 0 Å². The molecule has 1 aromatic carbocycles. The van der Waals surface area contributed by atoms with E-state index in [1.54, 1.807) is 11.1 Å². The third-order valence-electron chi connectivity index (χ3n) is 3.96. The van der Waals surface area contributed by atoms with Gasteiger partial charge in [0, 0.05) is 0 Å². The Labute approximate surface area is 94.6 Å². The summed E-state index contributed by atoms with van der Waals surface area (Å²) in [5.41, 5.74) is 3.18. The van der Waals surface area contributed by atoms with E-state index in [2.05, 4.69) is 54.1 Å². The zero-order chi connectivity index (χ0) is 9.54. The van der Waals surface area contributed by atoms with Crippen LogP contribution in [0, 0.1) is 5.92 Å². The van der Waals surface area contributed by atoms with Crippen LogP contribution in [-0.4, -0.2) is 17.7 Å². The predicted molar refractivity (Wildman–Crippen MR) is 59.5 cm³/mol. The molecule has 3 unspecified atom stereocenters. The Hall–Kier alpha value is -0.443. The maximum atomic E-state index is 2.43. The quantitative estimate of drug-likeness (QED) is 0.421. The van der Waals surface area contributed by atoms with Gasteiger partial charge in [0.1, 0.15) is 0 Å². The number of benzene rings is 1. The zero-order valence-electron chi connectivity index (χ0n) is 8.61. The molecule has 1 heteroatoms. The topological polar surface area (TPSA) is 0 Å². The first kappa shape index (κ1) is 8.83. The van der Waals surface area contributed by atoms with Gasteiger partial charge in [0.05, 0.1) is 0 Å². The van der Waals surface area contributed by atoms with E-state index in [-0.39, 0.29) is 0 Å². The molecule has 0 aromatic heterocycles. The molecule has 0 saturated heterocycles. The molecule has 2 aliphatic carbocycles. The molecule has 0 heterocycles. The van der Waals surface area contributed by atoms with Gasteiger partial charge in [0.25, 0.3) is 0 Å². The average Bonchev–Trinajstić information content (AvgIpc) is 2.55. The maximum absolute atomic E-state index is 2.43. The van der Waals surface area contributed by atoms with E-state index in [1.165, 1.54) is 12.8 Å². The van der Waals surface area contributed by atoms with Crippen LogP contribution < -0.4 is 0 Å². The third kappa shape index (κ3) is 1.14. The molecule has 0 saturated carbocycles. The number of hydrogen-bond acceptors (Lipinski definition) is 0. The molecule has 0 radical (unpaired) electrons. The molecule has 0 nitrogen and oxygen atoms in total. The average molecular weight is 176 g/mol. The monoisotopic (exact) mass is 176 g/mol. The van der Waals surface area contributed by atoms with Gasteiger partial charge in [0.15, 0.2) is 0 Å². The Morgan fingerprint density at radius 1 is 1.14 bits per heavy atom. The Morgan fingerprint density at radius 3 is 2.79 bits per heavy atom. The molecule has 2 aliphatic rings. The summed E-state index contributed by atoms with van der Waals surface area (Å²) in [5.74, 6) is 1.59. The second kappa shape index (κ2) is 3.30. The molecule has 14 heavy (non-hydrogen) atoms. The van der Waals surface area contributed by atoms with E-state index in [0.717, 1.165) is 16.4 Å². The van der Waals surface area contributed by atoms with Crippen molar-refractivity contribution < 1.29 is 0 Å². The van der Waals surface area contributed by atoms with Crippen molar-refractivity contribution in [2.75, 3.05) is 0 Å². The molecule has 3 atom stereocenters. The minimum atomic E-state index is 0.718. The van der Waals surface area contributed by atoms with Gasteiger partial charge < -0.3 is 0 Å². The molecule has 3 rings (SSSR count). The molecule has 1 aromatic rings. The first-order chi connectivity index (χ1) is 6.88. The van der Waals surface area contributed by atoms with E-state index in [0.29, 0.717) is 0 Å². The van der Waals surface area contributed by atoms with E-state index >= 15 is 0 Å². The van der Waals surface area contributed by atoms with Crippen LogP contribution in [0.15, 0.2) is 36.4 Å². The summed E-state index contributed by atoms with van der Waals surface area (Å²) >= 11 is 2.39. The van der Waals surface area contributed by atoms with Crippen molar-refractivity contribution in [3.63, 3.8) is 0 Å². The molecule has 0 bridgehead atoms. The molecule has 0 fully saturated rings. The summed E-state index contributed by atoms with van der Waals surface area (Å²) < 4.78 is 0.765. The fraction of sp³-hybridized carbons (Fsp3) is 0.385. The molecule has 0 aliphatic heterocycles. The van der Waals surface area contributed by atoms with Crippen molar-refractivity contribution in [1.82, 2.24) is 0 Å². The molecule has 0 spiro atoms. The van der Waals surface area contributed by atoms with Crippen molar-refractivity contribution in [2.45, 2.75) is 23.4 Å². The van der Waals surface area contributed by atoms with Crippen molar-refractivity contribution in [3.05, 3.63) is 47.5 Å². The predicted octanol–water partition coefficient (Wildman–Crippen LogP) is 2.96. The summed E-state index contributed by atoms with van der Waals surface area (Å²) in [6.07, 6.45) is 7.43. The van der Waals surface area contributed by atoms with Crippen LogP contribution in [0.2, 0.25) is 0 Å². The van der Waals surface area contributed by atoms with Gasteiger partial charge in [-0.2, -0.15) is 0 Å². The molecule has 0 N–H and O–H groups in total. The second-order valence-corrected chi connectivity index (χ2v) is 4.61. The van der Waals surface area contributed by atoms with Gasteiger partial charge in [-0.3, -0.25) is 0 Å². The van der Waals surface area contributed by atoms with Crippen LogP contribution in [0.4, 0.5) is 0 Å². The fourth-order valence-corrected chi connectivity index (χ4v) is 3.21. The first-order valence-electron chi connectivity index (χ1n) is 5.63. The second-order valence-electron chi connectivity index (χ2n) is 4.61. The normalized spacial score (nSPS) is 34.0. The van der Waals surface area contributed by atoms with Crippen LogP contribution >= 0.6 is 0 Å². The van der Waals surface area contributed by atoms with Crippen molar-refractivity contribution >= 4 is 17.7 Å². The summed E-state index contributed by atoms with van der Waals surface area (Å²) in [6.45, 7) is 0. The van der Waals surface area contributed by atoms with E-state index in [1.807, 2.05) is 0 Å². The van der Waals surface area contributed by atoms with E-state index in [4.69, 9.17) is 0 Å². The summed E-state index contributed by atoms with van der Waals surface area (Å²) in [6, 6.07) is 8.98. The van der Waals surface area contributed by atoms with Gasteiger partial charge in [-0.05, 0) is 0 Å². The van der Waals surface area contributed by atoms with Crippen molar-refractivity contribution in [1.29, 1.82) is 0 Å². The van der Waals surface area contributed by atoms with Gasteiger partial charge in [0.2, 0.25) is 0 Å². The first-order valence-corrected chi connectivity index (χ1v) is 5.63. The fourth-order valence-electron chi connectivity index (χ4n) is 3.21. The van der Waals surface area contributed by atoms with Gasteiger partial charge in [-0.1, -0.05) is 0 Å². The van der Waals surface area contributed by atoms with Crippen LogP contribution in [0.3, 0.4) is 0 Å². The molecule has 66 valence electrons. The number of allylic oxidation sites excluding steroid dienone is 2. The summed E-state index contributed by atoms with van der Waals surface area (Å²) in [7, 11) is 0. The third-order valence-corrected chi connectivity index (χ3v) is 3.96. The Kier molecular flexibility index (Phi) is 2.08. The molecular weight excluding hydrogens is 163 g/mol. The van der Waals surface area contributed by atoms with Crippen molar-refractivity contribution in [2.24, 2.45) is 5.92 Å². The standard InChI is InChI=1S/C13H13.Li/c1-3-7-12-10(5-1)9-11-6-2-4-8-13(11)12;/h1,3-5,7-9,11,13H,2,6H2;. The number of fused-ring (bicyclic) bond motifs is 3. The minimum absolute atomic E-state index is 0.718. The van der Waals surface area contributed by atoms with Crippen LogP contribution in [0.25, 0.3) is 0 Å². The summed E-state index contributed by atoms with van der Waals surface area (Å²) in [5, 5.41) is 0. The molecular formula is C13H13Li. The van der Waals surface area contributed by atoms with Gasteiger partial charge in [-0.15, -0.1) is 0 Å². The van der Waals surface area contributed by atoms with Gasteiger partial charge in [-0.25, -0.2) is 0 Å². The van der Waals surface area contributed by atoms with Crippen LogP contribution in [0.1, 0.15) is 34.5 Å². The summed E-state index contributed by atoms with van der Waals surface area (Å²) in [4.78, 5) is 0. The van der Waals surface area contributed by atoms with Gasteiger partial charge >= 0.3 is 94.5 Å². The number of hydrogen-bond donors (Lipinski definition) is 0. The zero-order valence-corrected chi connectivity index (χ0v) is 8.61. The van der Waals surface area contributed by atoms with E-state index < -0.39 is 0 Å². The Balaban J connectivity index is 2.13. The number of rotatable bonds is 0.